The highest BCUT2D eigenvalue weighted by Gasteiger charge is 2.32. The Balaban J connectivity index is 0.00000192. The summed E-state index contributed by atoms with van der Waals surface area (Å²) in [5.74, 6) is 0.276. The van der Waals surface area contributed by atoms with Crippen LogP contribution in [-0.2, 0) is 0 Å². The smallest absolute Gasteiger partial charge is 0.254 e. The number of carbonyl (C=O) groups is 1. The van der Waals surface area contributed by atoms with E-state index >= 15 is 0 Å². The van der Waals surface area contributed by atoms with Gasteiger partial charge in [-0.2, -0.15) is 5.10 Å². The number of nitrogens with one attached hydrogen (secondary N) is 1. The minimum absolute atomic E-state index is 0. The van der Waals surface area contributed by atoms with Gasteiger partial charge in [0.1, 0.15) is 0 Å². The number of aromatic nitrogens is 2. The van der Waals surface area contributed by atoms with E-state index in [1.165, 1.54) is 0 Å². The Morgan fingerprint density at radius 1 is 1.48 bits per heavy atom. The molecule has 0 saturated heterocycles. The molecule has 1 aromatic carbocycles. The van der Waals surface area contributed by atoms with Crippen molar-refractivity contribution in [2.75, 3.05) is 13.1 Å². The summed E-state index contributed by atoms with van der Waals surface area (Å²) in [6.45, 7) is 2.85. The third kappa shape index (κ3) is 3.68. The van der Waals surface area contributed by atoms with Crippen molar-refractivity contribution in [2.24, 2.45) is 5.73 Å². The summed E-state index contributed by atoms with van der Waals surface area (Å²) in [7, 11) is 0. The van der Waals surface area contributed by atoms with E-state index in [0.717, 1.165) is 29.8 Å². The van der Waals surface area contributed by atoms with Crippen molar-refractivity contribution in [1.29, 1.82) is 0 Å². The van der Waals surface area contributed by atoms with Crippen molar-refractivity contribution in [3.8, 4) is 5.69 Å². The molecular formula is C16H20Cl2N4O. The molecule has 0 unspecified atom stereocenters. The van der Waals surface area contributed by atoms with E-state index in [-0.39, 0.29) is 18.3 Å². The molecule has 1 fully saturated rings. The Labute approximate surface area is 146 Å². The van der Waals surface area contributed by atoms with Crippen molar-refractivity contribution in [3.05, 3.63) is 46.2 Å². The molecule has 1 aromatic heterocycles. The maximum absolute atomic E-state index is 12.3. The fraction of sp³-hybridized carbons (Fsp3) is 0.375. The van der Waals surface area contributed by atoms with Gasteiger partial charge in [-0.1, -0.05) is 17.7 Å². The molecule has 0 spiro atoms. The first-order valence-electron chi connectivity index (χ1n) is 7.44. The molecule has 7 heteroatoms. The van der Waals surface area contributed by atoms with E-state index in [1.807, 2.05) is 29.8 Å². The van der Waals surface area contributed by atoms with Gasteiger partial charge < -0.3 is 11.1 Å². The first kappa shape index (κ1) is 17.8. The average molecular weight is 355 g/mol. The van der Waals surface area contributed by atoms with Crippen LogP contribution in [0, 0.1) is 6.92 Å². The SMILES string of the molecule is Cc1ccc(-n2ncc(C(=O)NCCN)c2C2CC2)cc1Cl.Cl. The molecule has 0 atom stereocenters. The molecule has 0 radical (unpaired) electrons. The summed E-state index contributed by atoms with van der Waals surface area (Å²) >= 11 is 6.21. The summed E-state index contributed by atoms with van der Waals surface area (Å²) < 4.78 is 1.83. The summed E-state index contributed by atoms with van der Waals surface area (Å²) in [4.78, 5) is 12.3. The predicted octanol–water partition coefficient (Wildman–Crippen LogP) is 2.82. The highest BCUT2D eigenvalue weighted by molar-refractivity contribution is 6.31. The van der Waals surface area contributed by atoms with Crippen LogP contribution in [0.2, 0.25) is 5.02 Å². The van der Waals surface area contributed by atoms with Crippen molar-refractivity contribution in [1.82, 2.24) is 15.1 Å². The van der Waals surface area contributed by atoms with Crippen LogP contribution in [0.15, 0.2) is 24.4 Å². The topological polar surface area (TPSA) is 72.9 Å². The molecule has 5 nitrogen and oxygen atoms in total. The van der Waals surface area contributed by atoms with Crippen LogP contribution in [-0.4, -0.2) is 28.8 Å². The largest absolute Gasteiger partial charge is 0.351 e. The fourth-order valence-corrected chi connectivity index (χ4v) is 2.66. The average Bonchev–Trinajstić information content (AvgIpc) is 3.26. The Kier molecular flexibility index (Phi) is 5.68. The van der Waals surface area contributed by atoms with Gasteiger partial charge >= 0.3 is 0 Å². The minimum Gasteiger partial charge on any atom is -0.351 e. The molecule has 2 aromatic rings. The summed E-state index contributed by atoms with van der Waals surface area (Å²) in [5, 5.41) is 7.93. The lowest BCUT2D eigenvalue weighted by Crippen LogP contribution is -2.29. The van der Waals surface area contributed by atoms with Crippen LogP contribution in [0.1, 0.15) is 40.4 Å². The van der Waals surface area contributed by atoms with Gasteiger partial charge in [0.15, 0.2) is 0 Å². The number of amides is 1. The molecule has 1 aliphatic rings. The number of rotatable bonds is 5. The van der Waals surface area contributed by atoms with E-state index in [1.54, 1.807) is 6.20 Å². The van der Waals surface area contributed by atoms with E-state index in [9.17, 15) is 4.79 Å². The zero-order valence-electron chi connectivity index (χ0n) is 12.9. The van der Waals surface area contributed by atoms with Crippen LogP contribution in [0.3, 0.4) is 0 Å². The number of nitrogens with two attached hydrogens (primary N) is 1. The molecule has 1 aliphatic carbocycles. The molecule has 0 bridgehead atoms. The minimum atomic E-state index is -0.114. The van der Waals surface area contributed by atoms with E-state index in [4.69, 9.17) is 17.3 Å². The van der Waals surface area contributed by atoms with Crippen molar-refractivity contribution in [3.63, 3.8) is 0 Å². The normalized spacial score (nSPS) is 13.5. The number of halogens is 2. The molecule has 1 amide bonds. The van der Waals surface area contributed by atoms with Crippen molar-refractivity contribution in [2.45, 2.75) is 25.7 Å². The molecular weight excluding hydrogens is 335 g/mol. The zero-order chi connectivity index (χ0) is 15.7. The lowest BCUT2D eigenvalue weighted by molar-refractivity contribution is 0.0953. The Bertz CT molecular complexity index is 710. The zero-order valence-corrected chi connectivity index (χ0v) is 14.5. The second kappa shape index (κ2) is 7.34. The lowest BCUT2D eigenvalue weighted by Gasteiger charge is -2.10. The number of hydrogen-bond acceptors (Lipinski definition) is 3. The number of nitrogens with zero attached hydrogens (tertiary/aromatic N) is 2. The summed E-state index contributed by atoms with van der Waals surface area (Å²) in [6, 6.07) is 5.82. The maximum atomic E-state index is 12.3. The monoisotopic (exact) mass is 354 g/mol. The molecule has 124 valence electrons. The van der Waals surface area contributed by atoms with E-state index in [2.05, 4.69) is 10.4 Å². The van der Waals surface area contributed by atoms with Crippen LogP contribution < -0.4 is 11.1 Å². The second-order valence-corrected chi connectivity index (χ2v) is 6.01. The standard InChI is InChI=1S/C16H19ClN4O.ClH/c1-10-2-5-12(8-14(10)17)21-15(11-3-4-11)13(9-20-21)16(22)19-7-6-18;/h2,5,8-9,11H,3-4,6-7,18H2,1H3,(H,19,22);1H. The molecule has 0 aliphatic heterocycles. The second-order valence-electron chi connectivity index (χ2n) is 5.61. The Morgan fingerprint density at radius 3 is 2.83 bits per heavy atom. The van der Waals surface area contributed by atoms with Gasteiger partial charge in [0, 0.05) is 24.0 Å². The van der Waals surface area contributed by atoms with Gasteiger partial charge in [0.25, 0.3) is 5.91 Å². The van der Waals surface area contributed by atoms with Gasteiger partial charge in [-0.25, -0.2) is 4.68 Å². The first-order valence-corrected chi connectivity index (χ1v) is 7.82. The molecule has 23 heavy (non-hydrogen) atoms. The first-order chi connectivity index (χ1) is 10.6. The molecule has 3 rings (SSSR count). The fourth-order valence-electron chi connectivity index (χ4n) is 2.48. The third-order valence-electron chi connectivity index (χ3n) is 3.84. The van der Waals surface area contributed by atoms with Crippen molar-refractivity contribution >= 4 is 29.9 Å². The van der Waals surface area contributed by atoms with Crippen LogP contribution in [0.4, 0.5) is 0 Å². The van der Waals surface area contributed by atoms with Gasteiger partial charge in [-0.05, 0) is 37.5 Å². The summed E-state index contributed by atoms with van der Waals surface area (Å²) in [5.41, 5.74) is 8.95. The lowest BCUT2D eigenvalue weighted by atomic mass is 10.1. The predicted molar refractivity (Wildman–Crippen MR) is 93.9 cm³/mol. The molecule has 1 heterocycles. The van der Waals surface area contributed by atoms with Gasteiger partial charge in [-0.15, -0.1) is 12.4 Å². The van der Waals surface area contributed by atoms with E-state index in [0.29, 0.717) is 29.6 Å². The molecule has 3 N–H and O–H groups in total. The van der Waals surface area contributed by atoms with Crippen LogP contribution in [0.25, 0.3) is 5.69 Å². The number of benzene rings is 1. The van der Waals surface area contributed by atoms with Gasteiger partial charge in [-0.3, -0.25) is 4.79 Å². The van der Waals surface area contributed by atoms with Gasteiger partial charge in [0.2, 0.25) is 0 Å². The third-order valence-corrected chi connectivity index (χ3v) is 4.25. The molecule has 1 saturated carbocycles. The highest BCUT2D eigenvalue weighted by Crippen LogP contribution is 2.42. The quantitative estimate of drug-likeness (QED) is 0.866. The van der Waals surface area contributed by atoms with Crippen LogP contribution in [0.5, 0.6) is 0 Å². The van der Waals surface area contributed by atoms with Crippen LogP contribution >= 0.6 is 24.0 Å². The Hall–Kier alpha value is -1.56. The highest BCUT2D eigenvalue weighted by atomic mass is 35.5. The van der Waals surface area contributed by atoms with E-state index < -0.39 is 0 Å². The number of aryl methyl sites for hydroxylation is 1. The van der Waals surface area contributed by atoms with Gasteiger partial charge in [0.05, 0.1) is 23.1 Å². The number of carbonyl (C=O) groups excluding carboxylic acids is 1. The Morgan fingerprint density at radius 2 is 2.22 bits per heavy atom. The number of hydrogen-bond donors (Lipinski definition) is 2. The maximum Gasteiger partial charge on any atom is 0.254 e. The summed E-state index contributed by atoms with van der Waals surface area (Å²) in [6.07, 6.45) is 3.80. The van der Waals surface area contributed by atoms with Crippen molar-refractivity contribution < 1.29 is 4.79 Å².